The Morgan fingerprint density at radius 3 is 2.32 bits per heavy atom. The van der Waals surface area contributed by atoms with Gasteiger partial charge in [-0.25, -0.2) is 0 Å². The number of nitrogens with zero attached hydrogens (tertiary/aromatic N) is 1. The molecule has 0 aromatic heterocycles. The quantitative estimate of drug-likeness (QED) is 0.525. The zero-order valence-corrected chi connectivity index (χ0v) is 20.7. The molecule has 194 valence electrons. The molecule has 4 nitrogen and oxygen atoms in total. The first-order valence-electron chi connectivity index (χ1n) is 13.2. The molecule has 4 aliphatic rings. The minimum absolute atomic E-state index is 0.204. The van der Waals surface area contributed by atoms with Crippen molar-refractivity contribution in [1.29, 1.82) is 0 Å². The van der Waals surface area contributed by atoms with E-state index in [-0.39, 0.29) is 18.3 Å². The highest BCUT2D eigenvalue weighted by Crippen LogP contribution is 2.59. The highest BCUT2D eigenvalue weighted by molar-refractivity contribution is 5.26. The normalized spacial score (nSPS) is 39.2. The number of piperidine rings is 1. The van der Waals surface area contributed by atoms with Gasteiger partial charge in [0, 0.05) is 19.6 Å². The monoisotopic (exact) mass is 485 g/mol. The Hall–Kier alpha value is -0.890. The first-order valence-corrected chi connectivity index (χ1v) is 13.2. The SMILES string of the molecule is CC(CN1CCC(O)(C(F)(F)F)CC1)[C@H]1CC[C@H]2C(=CC=C3C[C@@H](O)C[C@H](O)C3)CCC[C@]12C. The molecule has 1 saturated heterocycles. The Kier molecular flexibility index (Phi) is 7.60. The van der Waals surface area contributed by atoms with E-state index in [1.54, 1.807) is 0 Å². The number of likely N-dealkylation sites (tertiary alicyclic amines) is 1. The van der Waals surface area contributed by atoms with Crippen molar-refractivity contribution in [2.24, 2.45) is 23.2 Å². The van der Waals surface area contributed by atoms with Gasteiger partial charge in [0.1, 0.15) is 0 Å². The lowest BCUT2D eigenvalue weighted by Crippen LogP contribution is -2.54. The summed E-state index contributed by atoms with van der Waals surface area (Å²) in [7, 11) is 0. The highest BCUT2D eigenvalue weighted by atomic mass is 19.4. The van der Waals surface area contributed by atoms with Gasteiger partial charge < -0.3 is 20.2 Å². The molecule has 4 fully saturated rings. The molecule has 0 bridgehead atoms. The molecular weight excluding hydrogens is 443 g/mol. The first kappa shape index (κ1) is 26.2. The summed E-state index contributed by atoms with van der Waals surface area (Å²) in [6.07, 6.45) is 5.94. The zero-order chi connectivity index (χ0) is 24.7. The fraction of sp³-hybridized carbons (Fsp3) is 0.852. The summed E-state index contributed by atoms with van der Waals surface area (Å²) in [5.74, 6) is 1.46. The largest absolute Gasteiger partial charge is 0.417 e. The molecule has 1 aliphatic heterocycles. The van der Waals surface area contributed by atoms with Gasteiger partial charge in [-0.05, 0) is 87.4 Å². The van der Waals surface area contributed by atoms with Crippen LogP contribution in [0.15, 0.2) is 23.3 Å². The first-order chi connectivity index (χ1) is 15.9. The molecule has 3 N–H and O–H groups in total. The fourth-order valence-corrected chi connectivity index (χ4v) is 7.67. The summed E-state index contributed by atoms with van der Waals surface area (Å²) in [4.78, 5) is 2.12. The van der Waals surface area contributed by atoms with Crippen LogP contribution < -0.4 is 0 Å². The van der Waals surface area contributed by atoms with Crippen LogP contribution in [0, 0.1) is 23.2 Å². The summed E-state index contributed by atoms with van der Waals surface area (Å²) >= 11 is 0. The molecule has 0 aromatic carbocycles. The number of aliphatic hydroxyl groups is 3. The molecule has 4 rings (SSSR count). The van der Waals surface area contributed by atoms with Gasteiger partial charge >= 0.3 is 6.18 Å². The summed E-state index contributed by atoms with van der Waals surface area (Å²) < 4.78 is 39.5. The number of hydrogen-bond donors (Lipinski definition) is 3. The van der Waals surface area contributed by atoms with Crippen molar-refractivity contribution >= 4 is 0 Å². The van der Waals surface area contributed by atoms with Gasteiger partial charge in [0.25, 0.3) is 0 Å². The van der Waals surface area contributed by atoms with Gasteiger partial charge in [0.2, 0.25) is 0 Å². The van der Waals surface area contributed by atoms with Crippen LogP contribution in [-0.4, -0.2) is 63.8 Å². The minimum atomic E-state index is -4.55. The van der Waals surface area contributed by atoms with Gasteiger partial charge in [0.15, 0.2) is 5.60 Å². The molecule has 1 heterocycles. The third-order valence-electron chi connectivity index (χ3n) is 9.55. The molecule has 3 saturated carbocycles. The number of halogens is 3. The molecule has 0 radical (unpaired) electrons. The lowest BCUT2D eigenvalue weighted by molar-refractivity contribution is -0.272. The smallest absolute Gasteiger partial charge is 0.393 e. The van der Waals surface area contributed by atoms with Crippen molar-refractivity contribution in [1.82, 2.24) is 4.90 Å². The van der Waals surface area contributed by atoms with E-state index in [2.05, 4.69) is 30.9 Å². The Balaban J connectivity index is 1.39. The van der Waals surface area contributed by atoms with Crippen LogP contribution in [0.25, 0.3) is 0 Å². The van der Waals surface area contributed by atoms with E-state index in [9.17, 15) is 28.5 Å². The van der Waals surface area contributed by atoms with E-state index in [0.717, 1.165) is 37.8 Å². The molecule has 1 unspecified atom stereocenters. The molecule has 6 atom stereocenters. The van der Waals surface area contributed by atoms with Crippen molar-refractivity contribution in [3.05, 3.63) is 23.3 Å². The second-order valence-corrected chi connectivity index (χ2v) is 11.9. The molecule has 34 heavy (non-hydrogen) atoms. The molecule has 0 spiro atoms. The summed E-state index contributed by atoms with van der Waals surface area (Å²) in [5.41, 5.74) is 0.284. The van der Waals surface area contributed by atoms with Gasteiger partial charge in [-0.15, -0.1) is 0 Å². The molecule has 0 aromatic rings. The van der Waals surface area contributed by atoms with Gasteiger partial charge in [-0.1, -0.05) is 37.1 Å². The number of rotatable bonds is 4. The lowest BCUT2D eigenvalue weighted by Gasteiger charge is -2.46. The van der Waals surface area contributed by atoms with Gasteiger partial charge in [-0.3, -0.25) is 0 Å². The van der Waals surface area contributed by atoms with Crippen LogP contribution in [0.4, 0.5) is 13.2 Å². The third kappa shape index (κ3) is 5.28. The average molecular weight is 486 g/mol. The Bertz CT molecular complexity index is 774. The topological polar surface area (TPSA) is 63.9 Å². The third-order valence-corrected chi connectivity index (χ3v) is 9.55. The van der Waals surface area contributed by atoms with E-state index >= 15 is 0 Å². The molecule has 3 aliphatic carbocycles. The van der Waals surface area contributed by atoms with Gasteiger partial charge in [0.05, 0.1) is 12.2 Å². The second kappa shape index (κ2) is 9.87. The molecular formula is C27H42F3NO3. The lowest BCUT2D eigenvalue weighted by atomic mass is 9.61. The maximum atomic E-state index is 13.2. The average Bonchev–Trinajstić information content (AvgIpc) is 3.10. The van der Waals surface area contributed by atoms with E-state index in [1.165, 1.54) is 12.0 Å². The standard InChI is InChI=1S/C27H42F3NO3/c1-18(17-31-12-10-26(34,11-13-31)27(28,29)30)23-7-8-24-20(4-3-9-25(23,24)2)6-5-19-14-21(32)16-22(33)15-19/h5-6,18,21-24,32-34H,3-4,7-17H2,1-2H3/t18?,21-,22-,23-,24+,25-/m1/s1. The van der Waals surface area contributed by atoms with Crippen molar-refractivity contribution in [2.45, 2.75) is 102 Å². The predicted molar refractivity (Wildman–Crippen MR) is 126 cm³/mol. The summed E-state index contributed by atoms with van der Waals surface area (Å²) in [6.45, 7) is 6.05. The van der Waals surface area contributed by atoms with Crippen LogP contribution in [0.5, 0.6) is 0 Å². The number of alkyl halides is 3. The van der Waals surface area contributed by atoms with E-state index < -0.39 is 24.0 Å². The zero-order valence-electron chi connectivity index (χ0n) is 20.7. The van der Waals surface area contributed by atoms with Crippen LogP contribution in [0.1, 0.15) is 78.1 Å². The number of hydrogen-bond acceptors (Lipinski definition) is 4. The summed E-state index contributed by atoms with van der Waals surface area (Å²) in [5, 5.41) is 29.9. The molecule has 0 amide bonds. The maximum absolute atomic E-state index is 13.2. The van der Waals surface area contributed by atoms with E-state index in [1.807, 2.05) is 0 Å². The predicted octanol–water partition coefficient (Wildman–Crippen LogP) is 4.99. The number of fused-ring (bicyclic) bond motifs is 1. The van der Waals surface area contributed by atoms with Crippen LogP contribution in [0.3, 0.4) is 0 Å². The van der Waals surface area contributed by atoms with E-state index in [0.29, 0.717) is 50.1 Å². The highest BCUT2D eigenvalue weighted by Gasteiger charge is 2.55. The fourth-order valence-electron chi connectivity index (χ4n) is 7.67. The number of allylic oxidation sites excluding steroid dienone is 3. The Morgan fingerprint density at radius 1 is 1.06 bits per heavy atom. The maximum Gasteiger partial charge on any atom is 0.417 e. The van der Waals surface area contributed by atoms with Crippen LogP contribution >= 0.6 is 0 Å². The minimum Gasteiger partial charge on any atom is -0.393 e. The Morgan fingerprint density at radius 2 is 1.71 bits per heavy atom. The van der Waals surface area contributed by atoms with Crippen LogP contribution in [-0.2, 0) is 0 Å². The van der Waals surface area contributed by atoms with E-state index in [4.69, 9.17) is 0 Å². The number of aliphatic hydroxyl groups excluding tert-OH is 2. The second-order valence-electron chi connectivity index (χ2n) is 11.9. The van der Waals surface area contributed by atoms with Crippen molar-refractivity contribution in [2.75, 3.05) is 19.6 Å². The molecule has 7 heteroatoms. The van der Waals surface area contributed by atoms with Crippen molar-refractivity contribution in [3.63, 3.8) is 0 Å². The van der Waals surface area contributed by atoms with Crippen molar-refractivity contribution in [3.8, 4) is 0 Å². The van der Waals surface area contributed by atoms with Gasteiger partial charge in [-0.2, -0.15) is 13.2 Å². The Labute approximate surface area is 201 Å². The van der Waals surface area contributed by atoms with Crippen molar-refractivity contribution < 1.29 is 28.5 Å². The van der Waals surface area contributed by atoms with Crippen LogP contribution in [0.2, 0.25) is 0 Å². The summed E-state index contributed by atoms with van der Waals surface area (Å²) in [6, 6.07) is 0.